The number of methoxy groups -OCH3 is 2. The van der Waals surface area contributed by atoms with E-state index in [0.717, 1.165) is 29.4 Å². The third-order valence-corrected chi connectivity index (χ3v) is 20.4. The molecule has 1 saturated heterocycles. The maximum atomic E-state index is 11.5. The van der Waals surface area contributed by atoms with Crippen LogP contribution in [-0.2, 0) is 27.8 Å². The lowest BCUT2D eigenvalue weighted by molar-refractivity contribution is -0.255. The minimum Gasteiger partial charge on any atom is -0.497 e. The van der Waals surface area contributed by atoms with Crippen LogP contribution in [0.3, 0.4) is 0 Å². The largest absolute Gasteiger partial charge is 0.497 e. The molecule has 8 nitrogen and oxygen atoms in total. The molecule has 10 heteroatoms. The van der Waals surface area contributed by atoms with Crippen molar-refractivity contribution in [3.05, 3.63) is 42.0 Å². The van der Waals surface area contributed by atoms with Gasteiger partial charge in [0.05, 0.1) is 38.1 Å². The molecule has 0 saturated carbocycles. The summed E-state index contributed by atoms with van der Waals surface area (Å²) < 4.78 is 43.4. The number of aliphatic hydroxyl groups is 1. The van der Waals surface area contributed by atoms with E-state index in [1.165, 1.54) is 0 Å². The van der Waals surface area contributed by atoms with Crippen LogP contribution in [0.2, 0.25) is 36.3 Å². The molecule has 0 aliphatic carbocycles. The van der Waals surface area contributed by atoms with E-state index in [4.69, 9.17) is 32.5 Å². The van der Waals surface area contributed by atoms with E-state index >= 15 is 0 Å². The number of hydrogen-bond donors (Lipinski definition) is 1. The van der Waals surface area contributed by atoms with Gasteiger partial charge in [0, 0.05) is 49.4 Å². The molecule has 0 unspecified atom stereocenters. The third kappa shape index (κ3) is 12.8. The Morgan fingerprint density at radius 2 is 1.59 bits per heavy atom. The molecule has 1 aromatic carbocycles. The zero-order valence-corrected chi connectivity index (χ0v) is 35.4. The first-order chi connectivity index (χ1) is 23.0. The second-order valence-corrected chi connectivity index (χ2v) is 25.4. The van der Waals surface area contributed by atoms with Gasteiger partial charge >= 0.3 is 0 Å². The Morgan fingerprint density at radius 3 is 2.12 bits per heavy atom. The second kappa shape index (κ2) is 20.2. The molecule has 0 bridgehead atoms. The Labute approximate surface area is 301 Å². The predicted octanol–water partition coefficient (Wildman–Crippen LogP) is 9.36. The van der Waals surface area contributed by atoms with Crippen molar-refractivity contribution in [2.75, 3.05) is 34.2 Å². The lowest BCUT2D eigenvalue weighted by Gasteiger charge is -2.45. The Bertz CT molecular complexity index is 1080. The molecule has 2 rings (SSSR count). The molecule has 1 heterocycles. The summed E-state index contributed by atoms with van der Waals surface area (Å²) >= 11 is 0. The van der Waals surface area contributed by atoms with Gasteiger partial charge in [0.1, 0.15) is 12.5 Å². The SMILES string of the molecule is CC[Si](CC)(CC)OC[C@H](C)[C@@H](OCOC)[C@@H](C)/C=C\[C@@H](O)C[C@H](O[Si](C)(C)C(C)(C)C)[C@H](C)[C@@H]1O[C@H](c2ccc(OC)cc2)OC[C@@H]1C. The Morgan fingerprint density at radius 1 is 0.980 bits per heavy atom. The Hall–Kier alpha value is -1.09. The third-order valence-electron chi connectivity index (χ3n) is 11.3. The number of aliphatic hydroxyl groups excluding tert-OH is 1. The molecule has 284 valence electrons. The molecule has 0 aromatic heterocycles. The summed E-state index contributed by atoms with van der Waals surface area (Å²) in [6.07, 6.45) is 2.90. The number of rotatable bonds is 21. The summed E-state index contributed by atoms with van der Waals surface area (Å²) in [5.41, 5.74) is 0.959. The molecule has 1 aliphatic rings. The molecular weight excluding hydrogens is 653 g/mol. The highest BCUT2D eigenvalue weighted by molar-refractivity contribution is 6.74. The first kappa shape index (κ1) is 44.1. The highest BCUT2D eigenvalue weighted by Gasteiger charge is 2.44. The lowest BCUT2D eigenvalue weighted by Crippen LogP contribution is -2.50. The molecule has 9 atom stereocenters. The fourth-order valence-corrected chi connectivity index (χ4v) is 10.7. The van der Waals surface area contributed by atoms with E-state index in [2.05, 4.69) is 88.4 Å². The number of hydrogen-bond acceptors (Lipinski definition) is 8. The van der Waals surface area contributed by atoms with Crippen LogP contribution in [-0.4, -0.2) is 80.4 Å². The first-order valence-electron chi connectivity index (χ1n) is 18.7. The monoisotopic (exact) mass is 724 g/mol. The summed E-state index contributed by atoms with van der Waals surface area (Å²) in [4.78, 5) is 0. The number of benzene rings is 1. The van der Waals surface area contributed by atoms with Crippen LogP contribution >= 0.6 is 0 Å². The van der Waals surface area contributed by atoms with Gasteiger partial charge in [0.15, 0.2) is 22.9 Å². The summed E-state index contributed by atoms with van der Waals surface area (Å²) in [6, 6.07) is 11.2. The van der Waals surface area contributed by atoms with Crippen molar-refractivity contribution in [3.8, 4) is 5.75 Å². The highest BCUT2D eigenvalue weighted by Crippen LogP contribution is 2.41. The molecule has 49 heavy (non-hydrogen) atoms. The average Bonchev–Trinajstić information content (AvgIpc) is 3.07. The maximum absolute atomic E-state index is 11.5. The van der Waals surface area contributed by atoms with Crippen molar-refractivity contribution < 1.29 is 37.6 Å². The quantitative estimate of drug-likeness (QED) is 0.0763. The fraction of sp³-hybridized carbons (Fsp3) is 0.795. The van der Waals surface area contributed by atoms with Crippen LogP contribution in [0.4, 0.5) is 0 Å². The van der Waals surface area contributed by atoms with E-state index in [1.54, 1.807) is 14.2 Å². The van der Waals surface area contributed by atoms with Gasteiger partial charge in [-0.15, -0.1) is 0 Å². The predicted molar refractivity (Wildman–Crippen MR) is 205 cm³/mol. The Balaban J connectivity index is 2.26. The van der Waals surface area contributed by atoms with Crippen molar-refractivity contribution in [2.24, 2.45) is 23.7 Å². The first-order valence-corrected chi connectivity index (χ1v) is 24.1. The number of ether oxygens (including phenoxy) is 5. The molecule has 1 fully saturated rings. The lowest BCUT2D eigenvalue weighted by atomic mass is 9.86. The van der Waals surface area contributed by atoms with Crippen molar-refractivity contribution in [2.45, 2.75) is 143 Å². The van der Waals surface area contributed by atoms with Gasteiger partial charge in [-0.3, -0.25) is 0 Å². The molecule has 0 amide bonds. The van der Waals surface area contributed by atoms with Crippen molar-refractivity contribution >= 4 is 16.6 Å². The van der Waals surface area contributed by atoms with E-state index < -0.39 is 29.0 Å². The van der Waals surface area contributed by atoms with Gasteiger partial charge in [-0.2, -0.15) is 0 Å². The van der Waals surface area contributed by atoms with E-state index in [9.17, 15) is 5.11 Å². The van der Waals surface area contributed by atoms with Gasteiger partial charge in [-0.25, -0.2) is 0 Å². The minimum atomic E-state index is -2.18. The zero-order valence-electron chi connectivity index (χ0n) is 33.4. The van der Waals surface area contributed by atoms with Crippen LogP contribution in [0, 0.1) is 23.7 Å². The summed E-state index contributed by atoms with van der Waals surface area (Å²) in [5.74, 6) is 1.20. The van der Waals surface area contributed by atoms with Crippen molar-refractivity contribution in [1.29, 1.82) is 0 Å². The van der Waals surface area contributed by atoms with Gasteiger partial charge < -0.3 is 37.6 Å². The molecule has 1 N–H and O–H groups in total. The van der Waals surface area contributed by atoms with Crippen molar-refractivity contribution in [1.82, 2.24) is 0 Å². The van der Waals surface area contributed by atoms with Gasteiger partial charge in [0.2, 0.25) is 0 Å². The highest BCUT2D eigenvalue weighted by atomic mass is 28.4. The maximum Gasteiger partial charge on any atom is 0.192 e. The van der Waals surface area contributed by atoms with Crippen molar-refractivity contribution in [3.63, 3.8) is 0 Å². The molecular formula is C39H72O8Si2. The van der Waals surface area contributed by atoms with Gasteiger partial charge in [-0.05, 0) is 48.4 Å². The topological polar surface area (TPSA) is 84.8 Å². The van der Waals surface area contributed by atoms with Crippen LogP contribution in [0.1, 0.15) is 87.5 Å². The normalized spacial score (nSPS) is 23.2. The van der Waals surface area contributed by atoms with Gasteiger partial charge in [0.25, 0.3) is 0 Å². The standard InChI is InChI=1S/C39H72O8Si2/c1-15-49(16-2,17-3)45-26-30(6)36(44-27-41-11)28(4)18-21-33(40)24-35(47-48(13,14)39(8,9)10)31(7)37-29(5)25-43-38(46-37)32-19-22-34(42-12)23-20-32/h18-23,28-31,33,35-38,40H,15-17,24-27H2,1-14H3/b21-18-/t28-,29-,30-,31-,33+,35-,36-,37+,38+/m0/s1. The summed E-state index contributed by atoms with van der Waals surface area (Å²) in [5, 5.41) is 11.6. The van der Waals surface area contributed by atoms with E-state index in [1.807, 2.05) is 30.3 Å². The van der Waals surface area contributed by atoms with E-state index in [0.29, 0.717) is 19.6 Å². The molecule has 0 radical (unpaired) electrons. The minimum absolute atomic E-state index is 0.0179. The summed E-state index contributed by atoms with van der Waals surface area (Å²) in [6.45, 7) is 28.3. The average molecular weight is 725 g/mol. The molecule has 1 aromatic rings. The van der Waals surface area contributed by atoms with Crippen LogP contribution in [0.25, 0.3) is 0 Å². The Kier molecular flexibility index (Phi) is 18.2. The second-order valence-electron chi connectivity index (χ2n) is 15.9. The molecule has 1 aliphatic heterocycles. The smallest absolute Gasteiger partial charge is 0.192 e. The fourth-order valence-electron chi connectivity index (χ4n) is 6.53. The van der Waals surface area contributed by atoms with Crippen LogP contribution in [0.15, 0.2) is 36.4 Å². The van der Waals surface area contributed by atoms with E-state index in [-0.39, 0.29) is 53.8 Å². The van der Waals surface area contributed by atoms with Gasteiger partial charge in [-0.1, -0.05) is 93.5 Å². The van der Waals surface area contributed by atoms with Crippen LogP contribution in [0.5, 0.6) is 5.75 Å². The zero-order chi connectivity index (χ0) is 37.0. The van der Waals surface area contributed by atoms with Crippen LogP contribution < -0.4 is 4.74 Å². The summed E-state index contributed by atoms with van der Waals surface area (Å²) in [7, 11) is -0.585. The molecule has 0 spiro atoms.